The van der Waals surface area contributed by atoms with E-state index in [2.05, 4.69) is 21.2 Å². The van der Waals surface area contributed by atoms with E-state index in [0.29, 0.717) is 18.5 Å². The van der Waals surface area contributed by atoms with Crippen molar-refractivity contribution in [2.24, 2.45) is 0 Å². The van der Waals surface area contributed by atoms with Crippen LogP contribution in [0.4, 0.5) is 5.69 Å². The Morgan fingerprint density at radius 3 is 2.81 bits per heavy atom. The molecule has 0 heterocycles. The van der Waals surface area contributed by atoms with E-state index in [-0.39, 0.29) is 17.3 Å². The van der Waals surface area contributed by atoms with E-state index >= 15 is 0 Å². The van der Waals surface area contributed by atoms with Crippen molar-refractivity contribution in [3.63, 3.8) is 0 Å². The van der Waals surface area contributed by atoms with Crippen LogP contribution in [0.15, 0.2) is 40.4 Å². The molecule has 1 aromatic carbocycles. The summed E-state index contributed by atoms with van der Waals surface area (Å²) in [6.45, 7) is 0. The fraction of sp³-hybridized carbons (Fsp3) is 0.167. The monoisotopic (exact) mass is 279 g/mol. The standard InChI is InChI=1S/C12H10BrNO2/c13-8-3-1-4-9(7-8)14-12(16)10-5-2-6-11(10)15/h1,3-5,7H,2,6H2,(H,14,16). The van der Waals surface area contributed by atoms with Gasteiger partial charge in [-0.3, -0.25) is 9.59 Å². The highest BCUT2D eigenvalue weighted by atomic mass is 79.9. The maximum Gasteiger partial charge on any atom is 0.258 e. The number of anilines is 1. The van der Waals surface area contributed by atoms with Crippen molar-refractivity contribution in [1.82, 2.24) is 0 Å². The summed E-state index contributed by atoms with van der Waals surface area (Å²) >= 11 is 3.31. The first-order chi connectivity index (χ1) is 7.66. The van der Waals surface area contributed by atoms with Gasteiger partial charge in [-0.05, 0) is 24.6 Å². The quantitative estimate of drug-likeness (QED) is 0.846. The molecular formula is C12H10BrNO2. The molecule has 0 saturated carbocycles. The zero-order chi connectivity index (χ0) is 11.5. The van der Waals surface area contributed by atoms with Crippen molar-refractivity contribution in [2.75, 3.05) is 5.32 Å². The fourth-order valence-electron chi connectivity index (χ4n) is 1.58. The van der Waals surface area contributed by atoms with Crippen LogP contribution in [-0.2, 0) is 9.59 Å². The summed E-state index contributed by atoms with van der Waals surface area (Å²) in [5.41, 5.74) is 0.958. The van der Waals surface area contributed by atoms with Gasteiger partial charge >= 0.3 is 0 Å². The molecule has 1 N–H and O–H groups in total. The van der Waals surface area contributed by atoms with E-state index < -0.39 is 0 Å². The van der Waals surface area contributed by atoms with Crippen LogP contribution in [0.3, 0.4) is 0 Å². The van der Waals surface area contributed by atoms with Crippen LogP contribution in [0.25, 0.3) is 0 Å². The summed E-state index contributed by atoms with van der Waals surface area (Å²) in [4.78, 5) is 23.1. The van der Waals surface area contributed by atoms with Gasteiger partial charge in [0.15, 0.2) is 5.78 Å². The molecule has 0 bridgehead atoms. The number of rotatable bonds is 2. The highest BCUT2D eigenvalue weighted by Gasteiger charge is 2.21. The summed E-state index contributed by atoms with van der Waals surface area (Å²) in [7, 11) is 0. The second-order valence-electron chi connectivity index (χ2n) is 3.54. The number of carbonyl (C=O) groups is 2. The molecule has 0 unspecified atom stereocenters. The van der Waals surface area contributed by atoms with Crippen LogP contribution < -0.4 is 5.32 Å². The van der Waals surface area contributed by atoms with Crippen molar-refractivity contribution in [2.45, 2.75) is 12.8 Å². The third kappa shape index (κ3) is 2.39. The van der Waals surface area contributed by atoms with Crippen molar-refractivity contribution in [3.05, 3.63) is 40.4 Å². The minimum absolute atomic E-state index is 0.0764. The number of hydrogen-bond donors (Lipinski definition) is 1. The Bertz CT molecular complexity index is 480. The molecule has 3 nitrogen and oxygen atoms in total. The SMILES string of the molecule is O=C1CCC=C1C(=O)Nc1cccc(Br)c1. The van der Waals surface area contributed by atoms with Crippen LogP contribution in [0.2, 0.25) is 0 Å². The van der Waals surface area contributed by atoms with Crippen LogP contribution in [0.1, 0.15) is 12.8 Å². The highest BCUT2D eigenvalue weighted by Crippen LogP contribution is 2.19. The summed E-state index contributed by atoms with van der Waals surface area (Å²) in [5.74, 6) is -0.395. The summed E-state index contributed by atoms with van der Waals surface area (Å²) < 4.78 is 0.886. The zero-order valence-electron chi connectivity index (χ0n) is 8.50. The summed E-state index contributed by atoms with van der Waals surface area (Å²) in [6.07, 6.45) is 2.80. The van der Waals surface area contributed by atoms with Gasteiger partial charge in [0.25, 0.3) is 5.91 Å². The van der Waals surface area contributed by atoms with E-state index in [1.165, 1.54) is 0 Å². The third-order valence-electron chi connectivity index (χ3n) is 2.35. The first kappa shape index (κ1) is 11.1. The first-order valence-electron chi connectivity index (χ1n) is 4.97. The Balaban J connectivity index is 2.11. The fourth-order valence-corrected chi connectivity index (χ4v) is 1.98. The molecule has 0 fully saturated rings. The van der Waals surface area contributed by atoms with Crippen LogP contribution >= 0.6 is 15.9 Å². The van der Waals surface area contributed by atoms with Gasteiger partial charge in [-0.2, -0.15) is 0 Å². The second kappa shape index (κ2) is 4.61. The molecular weight excluding hydrogens is 270 g/mol. The van der Waals surface area contributed by atoms with Crippen molar-refractivity contribution in [3.8, 4) is 0 Å². The van der Waals surface area contributed by atoms with Crippen molar-refractivity contribution >= 4 is 33.3 Å². The summed E-state index contributed by atoms with van der Waals surface area (Å²) in [5, 5.41) is 2.70. The molecule has 16 heavy (non-hydrogen) atoms. The van der Waals surface area contributed by atoms with Gasteiger partial charge in [0, 0.05) is 16.6 Å². The van der Waals surface area contributed by atoms with Crippen LogP contribution in [0, 0.1) is 0 Å². The molecule has 1 aliphatic rings. The second-order valence-corrected chi connectivity index (χ2v) is 4.46. The van der Waals surface area contributed by atoms with Crippen molar-refractivity contribution in [1.29, 1.82) is 0 Å². The predicted molar refractivity (Wildman–Crippen MR) is 65.1 cm³/mol. The highest BCUT2D eigenvalue weighted by molar-refractivity contribution is 9.10. The zero-order valence-corrected chi connectivity index (χ0v) is 10.1. The molecule has 4 heteroatoms. The molecule has 0 aromatic heterocycles. The average Bonchev–Trinajstić information content (AvgIpc) is 2.64. The number of benzene rings is 1. The molecule has 1 amide bonds. The largest absolute Gasteiger partial charge is 0.322 e. The van der Waals surface area contributed by atoms with E-state index in [1.807, 2.05) is 12.1 Å². The molecule has 0 aliphatic heterocycles. The lowest BCUT2D eigenvalue weighted by Gasteiger charge is -2.05. The Hall–Kier alpha value is -1.42. The summed E-state index contributed by atoms with van der Waals surface area (Å²) in [6, 6.07) is 7.26. The average molecular weight is 280 g/mol. The Labute approximate surface area is 102 Å². The topological polar surface area (TPSA) is 46.2 Å². The van der Waals surface area contributed by atoms with Gasteiger partial charge in [-0.25, -0.2) is 0 Å². The van der Waals surface area contributed by atoms with Crippen LogP contribution in [-0.4, -0.2) is 11.7 Å². The number of allylic oxidation sites excluding steroid dienone is 1. The van der Waals surface area contributed by atoms with E-state index in [1.54, 1.807) is 18.2 Å². The van der Waals surface area contributed by atoms with E-state index in [9.17, 15) is 9.59 Å². The predicted octanol–water partition coefficient (Wildman–Crippen LogP) is 2.68. The number of Topliss-reactive ketones (excluding diaryl/α,β-unsaturated/α-hetero) is 1. The Morgan fingerprint density at radius 1 is 1.38 bits per heavy atom. The van der Waals surface area contributed by atoms with Gasteiger partial charge < -0.3 is 5.32 Å². The molecule has 1 aromatic rings. The maximum atomic E-state index is 11.7. The van der Waals surface area contributed by atoms with Crippen LogP contribution in [0.5, 0.6) is 0 Å². The molecule has 0 saturated heterocycles. The number of halogens is 1. The molecule has 0 atom stereocenters. The lowest BCUT2D eigenvalue weighted by atomic mass is 10.2. The maximum absolute atomic E-state index is 11.7. The number of nitrogens with one attached hydrogen (secondary N) is 1. The van der Waals surface area contributed by atoms with Gasteiger partial charge in [-0.1, -0.05) is 28.1 Å². The molecule has 0 radical (unpaired) electrons. The van der Waals surface area contributed by atoms with Gasteiger partial charge in [0.1, 0.15) is 0 Å². The minimum Gasteiger partial charge on any atom is -0.322 e. The minimum atomic E-state index is -0.319. The van der Waals surface area contributed by atoms with E-state index in [4.69, 9.17) is 0 Å². The number of hydrogen-bond acceptors (Lipinski definition) is 2. The molecule has 2 rings (SSSR count). The smallest absolute Gasteiger partial charge is 0.258 e. The normalized spacial score (nSPS) is 14.8. The molecule has 1 aliphatic carbocycles. The van der Waals surface area contributed by atoms with Crippen molar-refractivity contribution < 1.29 is 9.59 Å². The Morgan fingerprint density at radius 2 is 2.19 bits per heavy atom. The van der Waals surface area contributed by atoms with Gasteiger partial charge in [0.2, 0.25) is 0 Å². The first-order valence-corrected chi connectivity index (χ1v) is 5.76. The number of amides is 1. The van der Waals surface area contributed by atoms with Gasteiger partial charge in [-0.15, -0.1) is 0 Å². The molecule has 0 spiro atoms. The number of ketones is 1. The molecule has 82 valence electrons. The Kier molecular flexibility index (Phi) is 3.19. The van der Waals surface area contributed by atoms with E-state index in [0.717, 1.165) is 4.47 Å². The number of carbonyl (C=O) groups excluding carboxylic acids is 2. The lowest BCUT2D eigenvalue weighted by molar-refractivity contribution is -0.119. The van der Waals surface area contributed by atoms with Gasteiger partial charge in [0.05, 0.1) is 5.57 Å². The third-order valence-corrected chi connectivity index (χ3v) is 2.84. The lowest BCUT2D eigenvalue weighted by Crippen LogP contribution is -2.17.